The van der Waals surface area contributed by atoms with E-state index in [-0.39, 0.29) is 12.5 Å². The predicted molar refractivity (Wildman–Crippen MR) is 96.7 cm³/mol. The van der Waals surface area contributed by atoms with Gasteiger partial charge in [-0.1, -0.05) is 65.9 Å². The monoisotopic (exact) mass is 349 g/mol. The number of carbonyl (C=O) groups excluding carboxylic acids is 2. The van der Waals surface area contributed by atoms with E-state index in [1.807, 2.05) is 60.7 Å². The minimum absolute atomic E-state index is 0.0433. The second kappa shape index (κ2) is 8.06. The fraction of sp³-hybridized carbons (Fsp3) is 0.158. The van der Waals surface area contributed by atoms with Gasteiger partial charge in [0.2, 0.25) is 11.8 Å². The molecule has 0 spiro atoms. The molecule has 132 valence electrons. The van der Waals surface area contributed by atoms with Crippen molar-refractivity contribution in [3.05, 3.63) is 72.4 Å². The van der Waals surface area contributed by atoms with Crippen LogP contribution in [0.25, 0.3) is 11.3 Å². The largest absolute Gasteiger partial charge is 0.368 e. The lowest BCUT2D eigenvalue weighted by Crippen LogP contribution is -2.46. The summed E-state index contributed by atoms with van der Waals surface area (Å²) in [5.74, 6) is -0.931. The van der Waals surface area contributed by atoms with E-state index in [0.29, 0.717) is 12.1 Å². The molecule has 7 heteroatoms. The predicted octanol–water partition coefficient (Wildman–Crippen LogP) is 1.16. The van der Waals surface area contributed by atoms with Gasteiger partial charge in [0, 0.05) is 12.0 Å². The highest BCUT2D eigenvalue weighted by atomic mass is 16.2. The van der Waals surface area contributed by atoms with E-state index >= 15 is 0 Å². The van der Waals surface area contributed by atoms with Crippen LogP contribution in [0.4, 0.5) is 0 Å². The van der Waals surface area contributed by atoms with Gasteiger partial charge in [-0.2, -0.15) is 0 Å². The molecule has 3 aromatic rings. The van der Waals surface area contributed by atoms with Crippen molar-refractivity contribution < 1.29 is 9.59 Å². The lowest BCUT2D eigenvalue weighted by Gasteiger charge is -2.15. The highest BCUT2D eigenvalue weighted by Crippen LogP contribution is 2.14. The normalized spacial score (nSPS) is 11.7. The number of nitrogens with one attached hydrogen (secondary N) is 1. The fourth-order valence-electron chi connectivity index (χ4n) is 2.58. The number of nitrogens with zero attached hydrogens (tertiary/aromatic N) is 3. The number of rotatable bonds is 7. The van der Waals surface area contributed by atoms with Crippen molar-refractivity contribution in [2.75, 3.05) is 0 Å². The molecule has 1 heterocycles. The molecule has 0 unspecified atom stereocenters. The van der Waals surface area contributed by atoms with Crippen molar-refractivity contribution >= 4 is 11.8 Å². The number of primary amides is 1. The standard InChI is InChI=1S/C19H19N5O2/c20-19(26)16(11-14-7-3-1-4-8-14)21-18(25)13-24-12-17(22-23-24)15-9-5-2-6-10-15/h1-10,12,16H,11,13H2,(H2,20,26)(H,21,25)/t16-/m0/s1. The summed E-state index contributed by atoms with van der Waals surface area (Å²) in [6.45, 7) is -0.0433. The summed E-state index contributed by atoms with van der Waals surface area (Å²) < 4.78 is 1.43. The summed E-state index contributed by atoms with van der Waals surface area (Å²) in [4.78, 5) is 23.9. The first kappa shape index (κ1) is 17.3. The van der Waals surface area contributed by atoms with E-state index in [2.05, 4.69) is 15.6 Å². The number of nitrogens with two attached hydrogens (primary N) is 1. The molecule has 26 heavy (non-hydrogen) atoms. The second-order valence-corrected chi connectivity index (χ2v) is 5.88. The molecule has 2 aromatic carbocycles. The van der Waals surface area contributed by atoms with Crippen molar-refractivity contribution in [1.29, 1.82) is 0 Å². The Morgan fingerprint density at radius 2 is 1.69 bits per heavy atom. The van der Waals surface area contributed by atoms with Crippen molar-refractivity contribution in [1.82, 2.24) is 20.3 Å². The average Bonchev–Trinajstić information content (AvgIpc) is 3.11. The Bertz CT molecular complexity index is 877. The van der Waals surface area contributed by atoms with E-state index in [4.69, 9.17) is 5.73 Å². The molecule has 3 N–H and O–H groups in total. The zero-order valence-electron chi connectivity index (χ0n) is 14.1. The number of carbonyl (C=O) groups is 2. The van der Waals surface area contributed by atoms with E-state index in [1.54, 1.807) is 6.20 Å². The van der Waals surface area contributed by atoms with Crippen LogP contribution in [0.2, 0.25) is 0 Å². The Balaban J connectivity index is 1.62. The number of hydrogen-bond acceptors (Lipinski definition) is 4. The van der Waals surface area contributed by atoms with Crippen LogP contribution in [0.1, 0.15) is 5.56 Å². The number of hydrogen-bond donors (Lipinski definition) is 2. The van der Waals surface area contributed by atoms with Gasteiger partial charge in [0.05, 0.1) is 6.20 Å². The molecular formula is C19H19N5O2. The van der Waals surface area contributed by atoms with Gasteiger partial charge in [0.15, 0.2) is 0 Å². The van der Waals surface area contributed by atoms with Crippen LogP contribution in [0, 0.1) is 0 Å². The third-order valence-corrected chi connectivity index (χ3v) is 3.88. The number of benzene rings is 2. The molecule has 3 rings (SSSR count). The summed E-state index contributed by atoms with van der Waals surface area (Å²) in [6, 6.07) is 18.2. The van der Waals surface area contributed by atoms with Gasteiger partial charge in [0.1, 0.15) is 18.3 Å². The first-order valence-electron chi connectivity index (χ1n) is 8.20. The van der Waals surface area contributed by atoms with Gasteiger partial charge >= 0.3 is 0 Å². The maximum absolute atomic E-state index is 12.3. The molecule has 0 fully saturated rings. The third kappa shape index (κ3) is 4.54. The fourth-order valence-corrected chi connectivity index (χ4v) is 2.58. The van der Waals surface area contributed by atoms with Crippen LogP contribution in [-0.2, 0) is 22.6 Å². The molecule has 0 saturated carbocycles. The Morgan fingerprint density at radius 3 is 2.35 bits per heavy atom. The Labute approximate surface area is 150 Å². The maximum Gasteiger partial charge on any atom is 0.242 e. The summed E-state index contributed by atoms with van der Waals surface area (Å²) in [5.41, 5.74) is 7.93. The molecule has 7 nitrogen and oxygen atoms in total. The topological polar surface area (TPSA) is 103 Å². The van der Waals surface area contributed by atoms with Gasteiger partial charge in [-0.3, -0.25) is 9.59 Å². The molecule has 1 aromatic heterocycles. The van der Waals surface area contributed by atoms with E-state index in [0.717, 1.165) is 11.1 Å². The maximum atomic E-state index is 12.3. The molecule has 1 atom stereocenters. The molecule has 0 aliphatic carbocycles. The van der Waals surface area contributed by atoms with Crippen LogP contribution in [0.15, 0.2) is 66.9 Å². The molecule has 0 aliphatic rings. The lowest BCUT2D eigenvalue weighted by molar-refractivity contribution is -0.127. The Hall–Kier alpha value is -3.48. The van der Waals surface area contributed by atoms with Gasteiger partial charge in [-0.15, -0.1) is 5.10 Å². The zero-order chi connectivity index (χ0) is 18.4. The summed E-state index contributed by atoms with van der Waals surface area (Å²) in [7, 11) is 0. The molecule has 2 amide bonds. The summed E-state index contributed by atoms with van der Waals surface area (Å²) in [6.07, 6.45) is 2.03. The highest BCUT2D eigenvalue weighted by molar-refractivity contribution is 5.86. The van der Waals surface area contributed by atoms with Crippen LogP contribution >= 0.6 is 0 Å². The quantitative estimate of drug-likeness (QED) is 0.668. The third-order valence-electron chi connectivity index (χ3n) is 3.88. The van der Waals surface area contributed by atoms with Gasteiger partial charge in [-0.05, 0) is 5.56 Å². The van der Waals surface area contributed by atoms with Gasteiger partial charge < -0.3 is 11.1 Å². The van der Waals surface area contributed by atoms with E-state index < -0.39 is 11.9 Å². The second-order valence-electron chi connectivity index (χ2n) is 5.88. The van der Waals surface area contributed by atoms with Crippen LogP contribution in [0.3, 0.4) is 0 Å². The molecule has 0 bridgehead atoms. The van der Waals surface area contributed by atoms with Crippen molar-refractivity contribution in [2.45, 2.75) is 19.0 Å². The SMILES string of the molecule is NC(=O)[C@H](Cc1ccccc1)NC(=O)Cn1cc(-c2ccccc2)nn1. The molecule has 0 saturated heterocycles. The molecular weight excluding hydrogens is 330 g/mol. The van der Waals surface area contributed by atoms with Crippen LogP contribution in [-0.4, -0.2) is 32.9 Å². The minimum Gasteiger partial charge on any atom is -0.368 e. The summed E-state index contributed by atoms with van der Waals surface area (Å²) in [5, 5.41) is 10.7. The Kier molecular flexibility index (Phi) is 5.38. The summed E-state index contributed by atoms with van der Waals surface area (Å²) >= 11 is 0. The number of amides is 2. The molecule has 0 aliphatic heterocycles. The Morgan fingerprint density at radius 1 is 1.04 bits per heavy atom. The zero-order valence-corrected chi connectivity index (χ0v) is 14.1. The van der Waals surface area contributed by atoms with Crippen molar-refractivity contribution in [3.8, 4) is 11.3 Å². The average molecular weight is 349 g/mol. The minimum atomic E-state index is -0.776. The molecule has 0 radical (unpaired) electrons. The first-order valence-corrected chi connectivity index (χ1v) is 8.20. The van der Waals surface area contributed by atoms with E-state index in [9.17, 15) is 9.59 Å². The van der Waals surface area contributed by atoms with Gasteiger partial charge in [-0.25, -0.2) is 4.68 Å². The van der Waals surface area contributed by atoms with Crippen molar-refractivity contribution in [3.63, 3.8) is 0 Å². The number of aromatic nitrogens is 3. The first-order chi connectivity index (χ1) is 12.6. The lowest BCUT2D eigenvalue weighted by atomic mass is 10.1. The van der Waals surface area contributed by atoms with E-state index in [1.165, 1.54) is 4.68 Å². The van der Waals surface area contributed by atoms with Crippen molar-refractivity contribution in [2.24, 2.45) is 5.73 Å². The van der Waals surface area contributed by atoms with Crippen LogP contribution in [0.5, 0.6) is 0 Å². The highest BCUT2D eigenvalue weighted by Gasteiger charge is 2.19. The van der Waals surface area contributed by atoms with Gasteiger partial charge in [0.25, 0.3) is 0 Å². The smallest absolute Gasteiger partial charge is 0.242 e. The van der Waals surface area contributed by atoms with Crippen LogP contribution < -0.4 is 11.1 Å².